The Hall–Kier alpha value is -2.18. The average Bonchev–Trinajstić information content (AvgIpc) is 2.87. The summed E-state index contributed by atoms with van der Waals surface area (Å²) < 4.78 is 16.6. The van der Waals surface area contributed by atoms with Gasteiger partial charge in [0.2, 0.25) is 0 Å². The lowest BCUT2D eigenvalue weighted by molar-refractivity contribution is -0.119. The first-order valence-electron chi connectivity index (χ1n) is 9.07. The van der Waals surface area contributed by atoms with Crippen molar-refractivity contribution in [2.75, 3.05) is 13.2 Å². The summed E-state index contributed by atoms with van der Waals surface area (Å²) in [7, 11) is 0. The first-order chi connectivity index (χ1) is 12.6. The second-order valence-electron chi connectivity index (χ2n) is 7.98. The molecule has 1 aliphatic heterocycles. The van der Waals surface area contributed by atoms with Crippen molar-refractivity contribution in [3.8, 4) is 0 Å². The summed E-state index contributed by atoms with van der Waals surface area (Å²) in [4.78, 5) is 26.1. The maximum Gasteiger partial charge on any atom is 0.413 e. The molecule has 0 aliphatic carbocycles. The summed E-state index contributed by atoms with van der Waals surface area (Å²) in [5.41, 5.74) is -0.397. The summed E-state index contributed by atoms with van der Waals surface area (Å²) in [5, 5.41) is 0. The number of rotatable bonds is 6. The van der Waals surface area contributed by atoms with Crippen molar-refractivity contribution in [2.45, 2.75) is 58.6 Å². The zero-order valence-corrected chi connectivity index (χ0v) is 16.7. The van der Waals surface area contributed by atoms with Crippen molar-refractivity contribution in [1.82, 2.24) is 4.90 Å². The lowest BCUT2D eigenvalue weighted by Crippen LogP contribution is -2.49. The lowest BCUT2D eigenvalue weighted by Gasteiger charge is -2.34. The zero-order valence-electron chi connectivity index (χ0n) is 16.7. The lowest BCUT2D eigenvalue weighted by atomic mass is 10.2. The number of nitrogens with zero attached hydrogens (tertiary/aromatic N) is 1. The van der Waals surface area contributed by atoms with E-state index in [0.29, 0.717) is 13.2 Å². The molecule has 27 heavy (non-hydrogen) atoms. The summed E-state index contributed by atoms with van der Waals surface area (Å²) >= 11 is 0. The Morgan fingerprint density at radius 2 is 1.93 bits per heavy atom. The van der Waals surface area contributed by atoms with E-state index < -0.39 is 17.4 Å². The van der Waals surface area contributed by atoms with E-state index >= 15 is 0 Å². The molecule has 2 rings (SSSR count). The van der Waals surface area contributed by atoms with Crippen LogP contribution in [0.1, 0.15) is 40.2 Å². The molecule has 1 amide bonds. The fraction of sp³-hybridized carbons (Fsp3) is 0.524. The van der Waals surface area contributed by atoms with Gasteiger partial charge in [-0.1, -0.05) is 36.4 Å². The van der Waals surface area contributed by atoms with Crippen molar-refractivity contribution >= 4 is 11.9 Å². The van der Waals surface area contributed by atoms with Gasteiger partial charge in [-0.3, -0.25) is 9.69 Å². The number of carbonyl (C=O) groups excluding carboxylic acids is 2. The first kappa shape index (κ1) is 21.1. The highest BCUT2D eigenvalue weighted by atomic mass is 16.6. The molecule has 1 aromatic rings. The van der Waals surface area contributed by atoms with Gasteiger partial charge in [0.15, 0.2) is 5.78 Å². The van der Waals surface area contributed by atoms with Crippen molar-refractivity contribution in [3.05, 3.63) is 48.0 Å². The highest BCUT2D eigenvalue weighted by Crippen LogP contribution is 2.29. The van der Waals surface area contributed by atoms with Crippen LogP contribution in [0, 0.1) is 0 Å². The van der Waals surface area contributed by atoms with Crippen LogP contribution >= 0.6 is 0 Å². The average molecular weight is 375 g/mol. The van der Waals surface area contributed by atoms with Crippen LogP contribution in [0.15, 0.2) is 42.5 Å². The second-order valence-corrected chi connectivity index (χ2v) is 7.98. The normalized spacial score (nSPS) is 19.4. The molecular weight excluding hydrogens is 346 g/mol. The Labute approximate surface area is 161 Å². The third kappa shape index (κ3) is 6.48. The zero-order chi connectivity index (χ0) is 20.1. The molecule has 6 nitrogen and oxygen atoms in total. The van der Waals surface area contributed by atoms with E-state index in [-0.39, 0.29) is 18.4 Å². The Kier molecular flexibility index (Phi) is 6.78. The van der Waals surface area contributed by atoms with E-state index in [1.165, 1.54) is 11.0 Å². The molecule has 1 atom stereocenters. The van der Waals surface area contributed by atoms with Gasteiger partial charge in [-0.2, -0.15) is 0 Å². The van der Waals surface area contributed by atoms with E-state index in [0.717, 1.165) is 5.56 Å². The van der Waals surface area contributed by atoms with Crippen molar-refractivity contribution < 1.29 is 23.8 Å². The Morgan fingerprint density at radius 3 is 2.56 bits per heavy atom. The predicted molar refractivity (Wildman–Crippen MR) is 102 cm³/mol. The fourth-order valence-corrected chi connectivity index (χ4v) is 2.75. The minimum atomic E-state index is -0.801. The monoisotopic (exact) mass is 375 g/mol. The summed E-state index contributed by atoms with van der Waals surface area (Å²) in [6.07, 6.45) is 2.65. The molecule has 1 aromatic carbocycles. The van der Waals surface area contributed by atoms with Crippen molar-refractivity contribution in [3.63, 3.8) is 0 Å². The maximum absolute atomic E-state index is 12.5. The van der Waals surface area contributed by atoms with E-state index in [9.17, 15) is 9.59 Å². The van der Waals surface area contributed by atoms with Crippen molar-refractivity contribution in [2.24, 2.45) is 0 Å². The molecular formula is C21H29NO5. The SMILES string of the molecule is CC(C)(C)OC(=O)N1[C@H](/C=C/C(=O)COCc2ccccc2)COC1(C)C. The van der Waals surface area contributed by atoms with Crippen LogP contribution in [-0.4, -0.2) is 47.4 Å². The van der Waals surface area contributed by atoms with Crippen LogP contribution in [0.5, 0.6) is 0 Å². The van der Waals surface area contributed by atoms with Gasteiger partial charge in [0.1, 0.15) is 17.9 Å². The molecule has 0 radical (unpaired) electrons. The van der Waals surface area contributed by atoms with Crippen LogP contribution in [0.25, 0.3) is 0 Å². The van der Waals surface area contributed by atoms with Crippen LogP contribution in [0.2, 0.25) is 0 Å². The maximum atomic E-state index is 12.5. The van der Waals surface area contributed by atoms with E-state index in [4.69, 9.17) is 14.2 Å². The molecule has 1 heterocycles. The molecule has 1 aliphatic rings. The third-order valence-corrected chi connectivity index (χ3v) is 3.97. The van der Waals surface area contributed by atoms with Crippen LogP contribution in [0.4, 0.5) is 4.79 Å². The number of benzene rings is 1. The van der Waals surface area contributed by atoms with Crippen LogP contribution in [0.3, 0.4) is 0 Å². The van der Waals surface area contributed by atoms with Gasteiger partial charge in [-0.25, -0.2) is 4.79 Å². The van der Waals surface area contributed by atoms with Gasteiger partial charge in [-0.15, -0.1) is 0 Å². The molecule has 148 valence electrons. The van der Waals surface area contributed by atoms with Gasteiger partial charge in [0.25, 0.3) is 0 Å². The molecule has 0 unspecified atom stereocenters. The van der Waals surface area contributed by atoms with Crippen molar-refractivity contribution in [1.29, 1.82) is 0 Å². The van der Waals surface area contributed by atoms with Crippen LogP contribution in [-0.2, 0) is 25.6 Å². The topological polar surface area (TPSA) is 65.1 Å². The minimum Gasteiger partial charge on any atom is -0.444 e. The van der Waals surface area contributed by atoms with E-state index in [1.807, 2.05) is 51.1 Å². The Morgan fingerprint density at radius 1 is 1.26 bits per heavy atom. The third-order valence-electron chi connectivity index (χ3n) is 3.97. The summed E-state index contributed by atoms with van der Waals surface area (Å²) in [6, 6.07) is 9.29. The molecule has 0 aromatic heterocycles. The Balaban J connectivity index is 1.91. The van der Waals surface area contributed by atoms with E-state index in [1.54, 1.807) is 19.9 Å². The first-order valence-corrected chi connectivity index (χ1v) is 9.07. The van der Waals surface area contributed by atoms with Gasteiger partial charge in [0.05, 0.1) is 19.3 Å². The number of amides is 1. The highest BCUT2D eigenvalue weighted by molar-refractivity contribution is 5.90. The number of hydrogen-bond acceptors (Lipinski definition) is 5. The molecule has 1 saturated heterocycles. The molecule has 0 bridgehead atoms. The predicted octanol–water partition coefficient (Wildman–Crippen LogP) is 3.70. The molecule has 0 spiro atoms. The smallest absolute Gasteiger partial charge is 0.413 e. The standard InChI is InChI=1S/C21H29NO5/c1-20(2,3)27-19(24)22-17(14-26-21(22,4)5)11-12-18(23)15-25-13-16-9-7-6-8-10-16/h6-12,17H,13-15H2,1-5H3/b12-11+/t17-/m1/s1. The number of hydrogen-bond donors (Lipinski definition) is 0. The second kappa shape index (κ2) is 8.67. The van der Waals surface area contributed by atoms with Gasteiger partial charge < -0.3 is 14.2 Å². The molecule has 1 fully saturated rings. The quantitative estimate of drug-likeness (QED) is 0.710. The van der Waals surface area contributed by atoms with Crippen LogP contribution < -0.4 is 0 Å². The largest absolute Gasteiger partial charge is 0.444 e. The van der Waals surface area contributed by atoms with Gasteiger partial charge in [-0.05, 0) is 46.3 Å². The Bertz CT molecular complexity index is 676. The minimum absolute atomic E-state index is 0.0190. The molecule has 0 saturated carbocycles. The fourth-order valence-electron chi connectivity index (χ4n) is 2.75. The summed E-state index contributed by atoms with van der Waals surface area (Å²) in [6.45, 7) is 9.71. The van der Waals surface area contributed by atoms with E-state index in [2.05, 4.69) is 0 Å². The van der Waals surface area contributed by atoms with Gasteiger partial charge >= 0.3 is 6.09 Å². The number of ether oxygens (including phenoxy) is 3. The number of carbonyl (C=O) groups is 2. The van der Waals surface area contributed by atoms with Gasteiger partial charge in [0, 0.05) is 0 Å². The summed E-state index contributed by atoms with van der Waals surface area (Å²) in [5.74, 6) is -0.167. The highest BCUT2D eigenvalue weighted by Gasteiger charge is 2.44. The molecule has 0 N–H and O–H groups in total. The molecule has 6 heteroatoms. The number of ketones is 1.